The second-order valence-corrected chi connectivity index (χ2v) is 7.64. The van der Waals surface area contributed by atoms with Crippen molar-refractivity contribution in [1.82, 2.24) is 0 Å². The molecule has 4 nitrogen and oxygen atoms in total. The number of hydrogen-bond donors (Lipinski definition) is 1. The zero-order valence-electron chi connectivity index (χ0n) is 13.0. The lowest BCUT2D eigenvalue weighted by atomic mass is 9.88. The van der Waals surface area contributed by atoms with Crippen LogP contribution in [-0.4, -0.2) is 23.0 Å². The van der Waals surface area contributed by atoms with Gasteiger partial charge < -0.3 is 9.94 Å². The maximum atomic E-state index is 13.9. The van der Waals surface area contributed by atoms with E-state index in [1.165, 1.54) is 12.1 Å². The fourth-order valence-corrected chi connectivity index (χ4v) is 4.18. The second kappa shape index (κ2) is 6.44. The lowest BCUT2D eigenvalue weighted by molar-refractivity contribution is -0.275. The van der Waals surface area contributed by atoms with E-state index in [9.17, 15) is 18.0 Å². The van der Waals surface area contributed by atoms with E-state index in [1.807, 2.05) is 0 Å². The summed E-state index contributed by atoms with van der Waals surface area (Å²) in [5.41, 5.74) is -2.56. The van der Waals surface area contributed by atoms with Crippen LogP contribution in [0.1, 0.15) is 32.1 Å². The maximum Gasteiger partial charge on any atom is 0.435 e. The molecule has 138 valence electrons. The van der Waals surface area contributed by atoms with E-state index in [-0.39, 0.29) is 26.2 Å². The highest BCUT2D eigenvalue weighted by atomic mass is 35.5. The predicted molar refractivity (Wildman–Crippen MR) is 92.4 cm³/mol. The van der Waals surface area contributed by atoms with Gasteiger partial charge in [0.2, 0.25) is 0 Å². The normalized spacial score (nSPS) is 20.0. The topological polar surface area (TPSA) is 58.9 Å². The molecule has 1 unspecified atom stereocenters. The van der Waals surface area contributed by atoms with Gasteiger partial charge in [0.05, 0.1) is 11.3 Å². The quantitative estimate of drug-likeness (QED) is 0.694. The Labute approximate surface area is 159 Å². The molecule has 0 radical (unpaired) electrons. The van der Waals surface area contributed by atoms with Gasteiger partial charge in [0, 0.05) is 15.6 Å². The van der Waals surface area contributed by atoms with Crippen molar-refractivity contribution in [1.29, 1.82) is 0 Å². The zero-order chi connectivity index (χ0) is 19.3. The van der Waals surface area contributed by atoms with Crippen molar-refractivity contribution in [2.75, 3.05) is 0 Å². The van der Waals surface area contributed by atoms with Crippen molar-refractivity contribution in [2.45, 2.75) is 25.1 Å². The molecule has 0 aliphatic carbocycles. The van der Waals surface area contributed by atoms with Crippen LogP contribution in [0.4, 0.5) is 13.2 Å². The molecule has 0 saturated heterocycles. The fraction of sp³-hybridized carbons (Fsp3) is 0.250. The van der Waals surface area contributed by atoms with Crippen LogP contribution in [0, 0.1) is 6.92 Å². The molecule has 3 rings (SSSR count). The number of oxime groups is 1. The third-order valence-corrected chi connectivity index (χ3v) is 5.62. The number of hydrogen-bond acceptors (Lipinski definition) is 4. The Morgan fingerprint density at radius 2 is 1.88 bits per heavy atom. The van der Waals surface area contributed by atoms with Crippen LogP contribution in [0.2, 0.25) is 10.0 Å². The smallest absolute Gasteiger partial charge is 0.435 e. The minimum absolute atomic E-state index is 0.0130. The molecule has 1 aromatic carbocycles. The Morgan fingerprint density at radius 1 is 1.27 bits per heavy atom. The molecule has 1 N–H and O–H groups in total. The predicted octanol–water partition coefficient (Wildman–Crippen LogP) is 5.64. The summed E-state index contributed by atoms with van der Waals surface area (Å²) in [7, 11) is 0. The molecule has 26 heavy (non-hydrogen) atoms. The van der Waals surface area contributed by atoms with Crippen molar-refractivity contribution < 1.29 is 27.9 Å². The Kier molecular flexibility index (Phi) is 4.71. The van der Waals surface area contributed by atoms with Gasteiger partial charge in [-0.2, -0.15) is 13.2 Å². The zero-order valence-corrected chi connectivity index (χ0v) is 15.4. The van der Waals surface area contributed by atoms with E-state index >= 15 is 0 Å². The molecule has 1 aromatic heterocycles. The molecule has 0 amide bonds. The summed E-state index contributed by atoms with van der Waals surface area (Å²) < 4.78 is 41.7. The summed E-state index contributed by atoms with van der Waals surface area (Å²) in [6.07, 6.45) is -5.42. The lowest BCUT2D eigenvalue weighted by Crippen LogP contribution is -2.42. The highest BCUT2D eigenvalue weighted by Crippen LogP contribution is 2.50. The van der Waals surface area contributed by atoms with Gasteiger partial charge in [-0.25, -0.2) is 4.79 Å². The number of carboxylic acids is 1. The third kappa shape index (κ3) is 3.17. The van der Waals surface area contributed by atoms with Crippen LogP contribution in [0.3, 0.4) is 0 Å². The molecule has 0 spiro atoms. The van der Waals surface area contributed by atoms with Crippen molar-refractivity contribution >= 4 is 46.2 Å². The van der Waals surface area contributed by atoms with Crippen LogP contribution >= 0.6 is 34.5 Å². The van der Waals surface area contributed by atoms with Crippen molar-refractivity contribution in [3.8, 4) is 0 Å². The number of alkyl halides is 3. The average Bonchev–Trinajstić information content (AvgIpc) is 3.10. The Morgan fingerprint density at radius 3 is 2.38 bits per heavy atom. The summed E-state index contributed by atoms with van der Waals surface area (Å²) in [6.45, 7) is 1.56. The SMILES string of the molecule is Cc1cc(C2=NOC(c3cc(Cl)cc(Cl)c3)(C(F)(F)F)C2)sc1C(=O)O. The number of benzene rings is 1. The maximum absolute atomic E-state index is 13.9. The number of rotatable bonds is 3. The number of halogens is 5. The highest BCUT2D eigenvalue weighted by molar-refractivity contribution is 7.16. The second-order valence-electron chi connectivity index (χ2n) is 5.72. The van der Waals surface area contributed by atoms with E-state index in [2.05, 4.69) is 5.16 Å². The molecule has 1 atom stereocenters. The fourth-order valence-electron chi connectivity index (χ4n) is 2.66. The third-order valence-electron chi connectivity index (χ3n) is 3.91. The molecular weight excluding hydrogens is 414 g/mol. The van der Waals surface area contributed by atoms with Crippen LogP contribution in [0.15, 0.2) is 29.4 Å². The molecular formula is C16H10Cl2F3NO3S. The highest BCUT2D eigenvalue weighted by Gasteiger charge is 2.62. The Balaban J connectivity index is 2.04. The van der Waals surface area contributed by atoms with Gasteiger partial charge >= 0.3 is 12.1 Å². The van der Waals surface area contributed by atoms with E-state index in [0.717, 1.165) is 23.5 Å². The van der Waals surface area contributed by atoms with Gasteiger partial charge in [0.25, 0.3) is 5.60 Å². The Hall–Kier alpha value is -1.77. The van der Waals surface area contributed by atoms with Gasteiger partial charge in [-0.1, -0.05) is 28.4 Å². The number of aromatic carboxylic acids is 1. The number of carbonyl (C=O) groups is 1. The minimum atomic E-state index is -4.80. The standard InChI is InChI=1S/C16H10Cl2F3NO3S/c1-7-2-12(26-13(7)14(23)24)11-6-15(25-22-11,16(19,20)21)8-3-9(17)5-10(18)4-8/h2-5H,6H2,1H3,(H,23,24). The van der Waals surface area contributed by atoms with Crippen molar-refractivity contribution in [3.05, 3.63) is 55.2 Å². The Bertz CT molecular complexity index is 906. The number of carboxylic acid groups (broad SMARTS) is 1. The molecule has 0 saturated carbocycles. The first-order valence-corrected chi connectivity index (χ1v) is 8.73. The molecule has 2 heterocycles. The van der Waals surface area contributed by atoms with Crippen LogP contribution < -0.4 is 0 Å². The van der Waals surface area contributed by atoms with Crippen LogP contribution in [0.5, 0.6) is 0 Å². The molecule has 0 bridgehead atoms. The van der Waals surface area contributed by atoms with E-state index in [1.54, 1.807) is 6.92 Å². The lowest BCUT2D eigenvalue weighted by Gasteiger charge is -2.29. The molecule has 10 heteroatoms. The summed E-state index contributed by atoms with van der Waals surface area (Å²) >= 11 is 12.5. The monoisotopic (exact) mass is 423 g/mol. The molecule has 1 aliphatic rings. The summed E-state index contributed by atoms with van der Waals surface area (Å²) in [4.78, 5) is 16.4. The average molecular weight is 424 g/mol. The molecule has 2 aromatic rings. The van der Waals surface area contributed by atoms with E-state index < -0.39 is 24.2 Å². The molecule has 0 fully saturated rings. The summed E-state index contributed by atoms with van der Waals surface area (Å²) in [5.74, 6) is -1.15. The van der Waals surface area contributed by atoms with Gasteiger partial charge in [-0.3, -0.25) is 0 Å². The largest absolute Gasteiger partial charge is 0.477 e. The van der Waals surface area contributed by atoms with Crippen LogP contribution in [-0.2, 0) is 10.4 Å². The minimum Gasteiger partial charge on any atom is -0.477 e. The van der Waals surface area contributed by atoms with E-state index in [4.69, 9.17) is 33.1 Å². The number of thiophene rings is 1. The van der Waals surface area contributed by atoms with Gasteiger partial charge in [0.15, 0.2) is 0 Å². The number of aryl methyl sites for hydroxylation is 1. The first-order valence-electron chi connectivity index (χ1n) is 7.16. The summed E-state index contributed by atoms with van der Waals surface area (Å²) in [6, 6.07) is 5.05. The van der Waals surface area contributed by atoms with E-state index in [0.29, 0.717) is 10.4 Å². The number of nitrogens with zero attached hydrogens (tertiary/aromatic N) is 1. The summed E-state index contributed by atoms with van der Waals surface area (Å²) in [5, 5.41) is 12.8. The first kappa shape index (κ1) is 19.0. The molecule has 1 aliphatic heterocycles. The van der Waals surface area contributed by atoms with Crippen molar-refractivity contribution in [3.63, 3.8) is 0 Å². The first-order chi connectivity index (χ1) is 12.0. The van der Waals surface area contributed by atoms with Gasteiger partial charge in [0.1, 0.15) is 10.6 Å². The van der Waals surface area contributed by atoms with Gasteiger partial charge in [-0.05, 0) is 36.8 Å². The van der Waals surface area contributed by atoms with Crippen LogP contribution in [0.25, 0.3) is 0 Å². The van der Waals surface area contributed by atoms with Gasteiger partial charge in [-0.15, -0.1) is 11.3 Å². The van der Waals surface area contributed by atoms with Crippen molar-refractivity contribution in [2.24, 2.45) is 5.16 Å².